The van der Waals surface area contributed by atoms with Gasteiger partial charge in [-0.05, 0) is 30.5 Å². The van der Waals surface area contributed by atoms with Crippen LogP contribution in [0.25, 0.3) is 0 Å². The summed E-state index contributed by atoms with van der Waals surface area (Å²) in [5, 5.41) is 18.4. The number of phenols is 1. The Balaban J connectivity index is 0.00000225. The van der Waals surface area contributed by atoms with Crippen LogP contribution in [0.1, 0.15) is 37.4 Å². The van der Waals surface area contributed by atoms with E-state index in [2.05, 4.69) is 13.8 Å². The number of hydrogen-bond donors (Lipinski definition) is 2. The van der Waals surface area contributed by atoms with Gasteiger partial charge in [-0.3, -0.25) is 0 Å². The molecule has 3 N–H and O–H groups in total. The maximum Gasteiger partial charge on any atom is 0.120 e. The molecule has 1 aromatic rings. The smallest absolute Gasteiger partial charge is 0.120 e. The third-order valence-corrected chi connectivity index (χ3v) is 2.28. The fourth-order valence-electron chi connectivity index (χ4n) is 1.56. The first-order valence-corrected chi connectivity index (χ1v) is 5.03. The molecular formula is C12H17ClN2O. The van der Waals surface area contributed by atoms with E-state index in [1.807, 2.05) is 6.07 Å². The molecule has 0 aromatic heterocycles. The minimum absolute atomic E-state index is 0. The Hall–Kier alpha value is -1.24. The van der Waals surface area contributed by atoms with Gasteiger partial charge in [-0.25, -0.2) is 0 Å². The molecule has 0 heterocycles. The van der Waals surface area contributed by atoms with Crippen molar-refractivity contribution >= 4 is 12.4 Å². The van der Waals surface area contributed by atoms with E-state index in [0.29, 0.717) is 17.0 Å². The Labute approximate surface area is 102 Å². The summed E-state index contributed by atoms with van der Waals surface area (Å²) in [7, 11) is 0. The average molecular weight is 241 g/mol. The first kappa shape index (κ1) is 14.8. The molecule has 3 nitrogen and oxygen atoms in total. The Morgan fingerprint density at radius 3 is 2.56 bits per heavy atom. The van der Waals surface area contributed by atoms with Gasteiger partial charge < -0.3 is 10.8 Å². The van der Waals surface area contributed by atoms with Gasteiger partial charge in [0.1, 0.15) is 5.75 Å². The Morgan fingerprint density at radius 2 is 2.06 bits per heavy atom. The number of rotatable bonds is 3. The monoisotopic (exact) mass is 240 g/mol. The highest BCUT2D eigenvalue weighted by Crippen LogP contribution is 2.27. The molecule has 0 unspecified atom stereocenters. The fourth-order valence-corrected chi connectivity index (χ4v) is 1.56. The highest BCUT2D eigenvalue weighted by molar-refractivity contribution is 5.85. The second-order valence-corrected chi connectivity index (χ2v) is 4.12. The standard InChI is InChI=1S/C12H16N2O.ClH/c1-8(2)5-11(14)10-6-9(7-13)3-4-12(10)15;/h3-4,6,8,11,15H,5,14H2,1-2H3;1H/t11-;/m0./s1. The van der Waals surface area contributed by atoms with E-state index in [1.54, 1.807) is 12.1 Å². The number of aromatic hydroxyl groups is 1. The van der Waals surface area contributed by atoms with E-state index in [9.17, 15) is 5.11 Å². The summed E-state index contributed by atoms with van der Waals surface area (Å²) in [4.78, 5) is 0. The second-order valence-electron chi connectivity index (χ2n) is 4.12. The number of halogens is 1. The predicted octanol–water partition coefficient (Wildman–Crippen LogP) is 2.73. The summed E-state index contributed by atoms with van der Waals surface area (Å²) in [6, 6.07) is 6.59. The van der Waals surface area contributed by atoms with Crippen LogP contribution >= 0.6 is 12.4 Å². The number of hydrogen-bond acceptors (Lipinski definition) is 3. The molecule has 1 atom stereocenters. The van der Waals surface area contributed by atoms with Crippen LogP contribution in [-0.2, 0) is 0 Å². The van der Waals surface area contributed by atoms with E-state index < -0.39 is 0 Å². The highest BCUT2D eigenvalue weighted by atomic mass is 35.5. The third-order valence-electron chi connectivity index (χ3n) is 2.28. The zero-order chi connectivity index (χ0) is 11.4. The highest BCUT2D eigenvalue weighted by Gasteiger charge is 2.13. The Morgan fingerprint density at radius 1 is 1.44 bits per heavy atom. The van der Waals surface area contributed by atoms with E-state index >= 15 is 0 Å². The van der Waals surface area contributed by atoms with Crippen molar-refractivity contribution in [2.45, 2.75) is 26.3 Å². The van der Waals surface area contributed by atoms with Gasteiger partial charge >= 0.3 is 0 Å². The summed E-state index contributed by atoms with van der Waals surface area (Å²) in [5.41, 5.74) is 7.14. The summed E-state index contributed by atoms with van der Waals surface area (Å²) in [6.45, 7) is 4.15. The van der Waals surface area contributed by atoms with Crippen molar-refractivity contribution in [3.8, 4) is 11.8 Å². The molecule has 0 aliphatic heterocycles. The van der Waals surface area contributed by atoms with Crippen molar-refractivity contribution in [3.63, 3.8) is 0 Å². The third kappa shape index (κ3) is 3.73. The predicted molar refractivity (Wildman–Crippen MR) is 66.5 cm³/mol. The average Bonchev–Trinajstić information content (AvgIpc) is 2.17. The molecule has 16 heavy (non-hydrogen) atoms. The first-order valence-electron chi connectivity index (χ1n) is 5.03. The molecule has 0 aliphatic carbocycles. The van der Waals surface area contributed by atoms with Crippen LogP contribution < -0.4 is 5.73 Å². The van der Waals surface area contributed by atoms with Crippen molar-refractivity contribution in [2.75, 3.05) is 0 Å². The fraction of sp³-hybridized carbons (Fsp3) is 0.417. The quantitative estimate of drug-likeness (QED) is 0.854. The molecule has 0 aliphatic rings. The van der Waals surface area contributed by atoms with Crippen molar-refractivity contribution in [1.82, 2.24) is 0 Å². The van der Waals surface area contributed by atoms with Crippen molar-refractivity contribution in [2.24, 2.45) is 11.7 Å². The van der Waals surface area contributed by atoms with Crippen LogP contribution in [0.5, 0.6) is 5.75 Å². The normalized spacial score (nSPS) is 11.7. The lowest BCUT2D eigenvalue weighted by atomic mass is 9.96. The maximum absolute atomic E-state index is 9.62. The lowest BCUT2D eigenvalue weighted by Crippen LogP contribution is -2.13. The van der Waals surface area contributed by atoms with Crippen LogP contribution in [0.2, 0.25) is 0 Å². The molecule has 1 rings (SSSR count). The molecule has 88 valence electrons. The number of benzene rings is 1. The Kier molecular flexibility index (Phi) is 5.87. The molecule has 0 spiro atoms. The van der Waals surface area contributed by atoms with E-state index in [-0.39, 0.29) is 24.2 Å². The molecule has 0 amide bonds. The van der Waals surface area contributed by atoms with Crippen molar-refractivity contribution in [3.05, 3.63) is 29.3 Å². The Bertz CT molecular complexity index is 385. The summed E-state index contributed by atoms with van der Waals surface area (Å²) in [6.07, 6.45) is 0.794. The molecule has 0 radical (unpaired) electrons. The topological polar surface area (TPSA) is 70.0 Å². The lowest BCUT2D eigenvalue weighted by molar-refractivity contribution is 0.445. The van der Waals surface area contributed by atoms with Gasteiger partial charge in [0.2, 0.25) is 0 Å². The second kappa shape index (κ2) is 6.37. The number of nitriles is 1. The van der Waals surface area contributed by atoms with Crippen LogP contribution in [0.15, 0.2) is 18.2 Å². The first-order chi connectivity index (χ1) is 7.04. The lowest BCUT2D eigenvalue weighted by Gasteiger charge is -2.15. The molecule has 0 saturated carbocycles. The zero-order valence-corrected chi connectivity index (χ0v) is 10.3. The van der Waals surface area contributed by atoms with Crippen LogP contribution in [0, 0.1) is 17.2 Å². The van der Waals surface area contributed by atoms with Gasteiger partial charge in [0, 0.05) is 11.6 Å². The van der Waals surface area contributed by atoms with E-state index in [1.165, 1.54) is 6.07 Å². The van der Waals surface area contributed by atoms with Crippen molar-refractivity contribution < 1.29 is 5.11 Å². The van der Waals surface area contributed by atoms with Gasteiger partial charge in [0.05, 0.1) is 11.6 Å². The maximum atomic E-state index is 9.62. The van der Waals surface area contributed by atoms with Gasteiger partial charge in [-0.1, -0.05) is 13.8 Å². The van der Waals surface area contributed by atoms with Crippen molar-refractivity contribution in [1.29, 1.82) is 5.26 Å². The largest absolute Gasteiger partial charge is 0.508 e. The molecular weight excluding hydrogens is 224 g/mol. The van der Waals surface area contributed by atoms with Gasteiger partial charge in [0.25, 0.3) is 0 Å². The zero-order valence-electron chi connectivity index (χ0n) is 9.47. The summed E-state index contributed by atoms with van der Waals surface area (Å²) >= 11 is 0. The number of nitrogens with zero attached hydrogens (tertiary/aromatic N) is 1. The molecule has 0 saturated heterocycles. The van der Waals surface area contributed by atoms with Crippen LogP contribution in [-0.4, -0.2) is 5.11 Å². The summed E-state index contributed by atoms with van der Waals surface area (Å²) < 4.78 is 0. The van der Waals surface area contributed by atoms with E-state index in [4.69, 9.17) is 11.0 Å². The SMILES string of the molecule is CC(C)C[C@H](N)c1cc(C#N)ccc1O.Cl. The van der Waals surface area contributed by atoms with E-state index in [0.717, 1.165) is 6.42 Å². The number of nitrogens with two attached hydrogens (primary N) is 1. The van der Waals surface area contributed by atoms with Gasteiger partial charge in [-0.15, -0.1) is 12.4 Å². The minimum atomic E-state index is -0.210. The number of phenolic OH excluding ortho intramolecular Hbond substituents is 1. The minimum Gasteiger partial charge on any atom is -0.508 e. The van der Waals surface area contributed by atoms with Gasteiger partial charge in [0.15, 0.2) is 0 Å². The molecule has 0 bridgehead atoms. The molecule has 1 aromatic carbocycles. The van der Waals surface area contributed by atoms with Crippen LogP contribution in [0.3, 0.4) is 0 Å². The van der Waals surface area contributed by atoms with Gasteiger partial charge in [-0.2, -0.15) is 5.26 Å². The summed E-state index contributed by atoms with van der Waals surface area (Å²) in [5.74, 6) is 0.632. The van der Waals surface area contributed by atoms with Crippen LogP contribution in [0.4, 0.5) is 0 Å². The molecule has 0 fully saturated rings. The molecule has 4 heteroatoms.